The third-order valence-electron chi connectivity index (χ3n) is 3.90. The van der Waals surface area contributed by atoms with E-state index in [4.69, 9.17) is 14.7 Å². The molecule has 0 spiro atoms. The van der Waals surface area contributed by atoms with Gasteiger partial charge in [-0.1, -0.05) is 12.1 Å². The van der Waals surface area contributed by atoms with E-state index < -0.39 is 16.9 Å². The Hall–Kier alpha value is -3.62. The summed E-state index contributed by atoms with van der Waals surface area (Å²) >= 11 is 0. The van der Waals surface area contributed by atoms with E-state index in [1.165, 1.54) is 44.6 Å². The summed E-state index contributed by atoms with van der Waals surface area (Å²) in [4.78, 5) is 10.7. The Balaban J connectivity index is 2.55. The van der Waals surface area contributed by atoms with Crippen LogP contribution in [-0.4, -0.2) is 24.2 Å². The smallest absolute Gasteiger partial charge is 0.279 e. The molecule has 8 nitrogen and oxygen atoms in total. The zero-order valence-corrected chi connectivity index (χ0v) is 14.0. The molecule has 0 aliphatic heterocycles. The second-order valence-corrected chi connectivity index (χ2v) is 5.31. The van der Waals surface area contributed by atoms with Crippen molar-refractivity contribution in [2.75, 3.05) is 14.2 Å². The summed E-state index contributed by atoms with van der Waals surface area (Å²) in [5, 5.41) is 40.4. The summed E-state index contributed by atoms with van der Waals surface area (Å²) in [5.74, 6) is -0.731. The molecule has 2 aromatic rings. The molecule has 1 N–H and O–H groups in total. The number of ether oxygens (including phenoxy) is 2. The monoisotopic (exact) mass is 353 g/mol. The van der Waals surface area contributed by atoms with Crippen molar-refractivity contribution in [2.24, 2.45) is 0 Å². The lowest BCUT2D eigenvalue weighted by Gasteiger charge is -2.19. The molecule has 0 aliphatic rings. The fourth-order valence-corrected chi connectivity index (χ4v) is 2.55. The normalized spacial score (nSPS) is 12.3. The topological polar surface area (TPSA) is 129 Å². The Morgan fingerprint density at radius 3 is 2.15 bits per heavy atom. The van der Waals surface area contributed by atoms with Crippen molar-refractivity contribution in [3.8, 4) is 23.6 Å². The van der Waals surface area contributed by atoms with Crippen LogP contribution >= 0.6 is 0 Å². The standard InChI is InChI=1S/C18H15N3O5/c1-25-16-7-13(15(21(23)24)8-17(16)26-2)18(22)14(10-20)12-5-3-11(9-19)4-6-12/h3-8,14,18,22H,1-2H3. The van der Waals surface area contributed by atoms with Crippen LogP contribution in [0.2, 0.25) is 0 Å². The van der Waals surface area contributed by atoms with E-state index in [9.17, 15) is 20.5 Å². The first-order chi connectivity index (χ1) is 12.5. The van der Waals surface area contributed by atoms with E-state index in [1.807, 2.05) is 12.1 Å². The summed E-state index contributed by atoms with van der Waals surface area (Å²) in [5.41, 5.74) is 0.382. The summed E-state index contributed by atoms with van der Waals surface area (Å²) in [7, 11) is 2.70. The molecular weight excluding hydrogens is 338 g/mol. The maximum Gasteiger partial charge on any atom is 0.279 e. The number of nitro groups is 1. The van der Waals surface area contributed by atoms with Gasteiger partial charge in [-0.3, -0.25) is 10.1 Å². The van der Waals surface area contributed by atoms with Crippen molar-refractivity contribution < 1.29 is 19.5 Å². The first kappa shape index (κ1) is 18.7. The number of hydrogen-bond donors (Lipinski definition) is 1. The van der Waals surface area contributed by atoms with Crippen LogP contribution in [0.15, 0.2) is 36.4 Å². The number of methoxy groups -OCH3 is 2. The van der Waals surface area contributed by atoms with Crippen molar-refractivity contribution in [2.45, 2.75) is 12.0 Å². The molecule has 0 amide bonds. The fourth-order valence-electron chi connectivity index (χ4n) is 2.55. The van der Waals surface area contributed by atoms with Crippen LogP contribution in [-0.2, 0) is 0 Å². The van der Waals surface area contributed by atoms with E-state index in [1.54, 1.807) is 0 Å². The van der Waals surface area contributed by atoms with Crippen LogP contribution in [0.5, 0.6) is 11.5 Å². The quantitative estimate of drug-likeness (QED) is 0.624. The highest BCUT2D eigenvalue weighted by atomic mass is 16.6. The lowest BCUT2D eigenvalue weighted by Crippen LogP contribution is -2.12. The van der Waals surface area contributed by atoms with Gasteiger partial charge in [0.15, 0.2) is 11.5 Å². The Kier molecular flexibility index (Phi) is 5.74. The number of benzene rings is 2. The van der Waals surface area contributed by atoms with E-state index >= 15 is 0 Å². The SMILES string of the molecule is COc1cc(C(O)C(C#N)c2ccc(C#N)cc2)c([N+](=O)[O-])cc1OC. The second kappa shape index (κ2) is 7.97. The summed E-state index contributed by atoms with van der Waals surface area (Å²) < 4.78 is 10.2. The molecule has 0 aromatic heterocycles. The van der Waals surface area contributed by atoms with Crippen molar-refractivity contribution in [1.82, 2.24) is 0 Å². The third kappa shape index (κ3) is 3.56. The Morgan fingerprint density at radius 2 is 1.69 bits per heavy atom. The van der Waals surface area contributed by atoms with Gasteiger partial charge in [-0.15, -0.1) is 0 Å². The van der Waals surface area contributed by atoms with Gasteiger partial charge in [-0.25, -0.2) is 0 Å². The number of nitriles is 2. The zero-order valence-electron chi connectivity index (χ0n) is 14.0. The predicted molar refractivity (Wildman–Crippen MR) is 90.7 cm³/mol. The number of aliphatic hydroxyl groups excluding tert-OH is 1. The molecule has 26 heavy (non-hydrogen) atoms. The molecule has 8 heteroatoms. The molecule has 0 bridgehead atoms. The van der Waals surface area contributed by atoms with Crippen molar-refractivity contribution >= 4 is 5.69 Å². The highest BCUT2D eigenvalue weighted by molar-refractivity contribution is 5.56. The molecule has 0 radical (unpaired) electrons. The highest BCUT2D eigenvalue weighted by Crippen LogP contribution is 2.41. The Morgan fingerprint density at radius 1 is 1.12 bits per heavy atom. The zero-order chi connectivity index (χ0) is 19.3. The minimum Gasteiger partial charge on any atom is -0.493 e. The predicted octanol–water partition coefficient (Wildman–Crippen LogP) is 2.82. The Bertz CT molecular complexity index is 897. The molecular formula is C18H15N3O5. The van der Waals surface area contributed by atoms with Gasteiger partial charge in [0.1, 0.15) is 12.0 Å². The number of aliphatic hydroxyl groups is 1. The van der Waals surface area contributed by atoms with E-state index in [0.717, 1.165) is 6.07 Å². The molecule has 2 aromatic carbocycles. The number of nitro benzene ring substituents is 1. The first-order valence-corrected chi connectivity index (χ1v) is 7.44. The molecule has 132 valence electrons. The summed E-state index contributed by atoms with van der Waals surface area (Å²) in [6.45, 7) is 0. The lowest BCUT2D eigenvalue weighted by atomic mass is 9.89. The van der Waals surface area contributed by atoms with Gasteiger partial charge < -0.3 is 14.6 Å². The molecule has 2 rings (SSSR count). The van der Waals surface area contributed by atoms with Crippen LogP contribution in [0.1, 0.15) is 28.7 Å². The maximum absolute atomic E-state index is 11.4. The summed E-state index contributed by atoms with van der Waals surface area (Å²) in [6, 6.07) is 12.4. The van der Waals surface area contributed by atoms with E-state index in [-0.39, 0.29) is 22.7 Å². The number of nitrogens with zero attached hydrogens (tertiary/aromatic N) is 3. The van der Waals surface area contributed by atoms with Crippen molar-refractivity contribution in [1.29, 1.82) is 10.5 Å². The van der Waals surface area contributed by atoms with Crippen LogP contribution < -0.4 is 9.47 Å². The van der Waals surface area contributed by atoms with Gasteiger partial charge in [-0.2, -0.15) is 10.5 Å². The average molecular weight is 353 g/mol. The maximum atomic E-state index is 11.4. The molecule has 0 saturated carbocycles. The van der Waals surface area contributed by atoms with Crippen LogP contribution in [0.25, 0.3) is 0 Å². The van der Waals surface area contributed by atoms with Crippen LogP contribution in [0, 0.1) is 32.8 Å². The average Bonchev–Trinajstić information content (AvgIpc) is 2.67. The molecule has 0 fully saturated rings. The molecule has 2 atom stereocenters. The molecule has 2 unspecified atom stereocenters. The van der Waals surface area contributed by atoms with E-state index in [0.29, 0.717) is 11.1 Å². The van der Waals surface area contributed by atoms with Crippen LogP contribution in [0.4, 0.5) is 5.69 Å². The van der Waals surface area contributed by atoms with Gasteiger partial charge >= 0.3 is 0 Å². The van der Waals surface area contributed by atoms with Gasteiger partial charge in [0.05, 0.1) is 48.5 Å². The highest BCUT2D eigenvalue weighted by Gasteiger charge is 2.31. The van der Waals surface area contributed by atoms with E-state index in [2.05, 4.69) is 0 Å². The largest absolute Gasteiger partial charge is 0.493 e. The molecule has 0 aliphatic carbocycles. The minimum atomic E-state index is -1.48. The molecule has 0 saturated heterocycles. The van der Waals surface area contributed by atoms with Gasteiger partial charge in [-0.05, 0) is 23.8 Å². The lowest BCUT2D eigenvalue weighted by molar-refractivity contribution is -0.386. The third-order valence-corrected chi connectivity index (χ3v) is 3.90. The second-order valence-electron chi connectivity index (χ2n) is 5.31. The van der Waals surface area contributed by atoms with Crippen molar-refractivity contribution in [3.63, 3.8) is 0 Å². The molecule has 0 heterocycles. The fraction of sp³-hybridized carbons (Fsp3) is 0.222. The minimum absolute atomic E-state index is 0.0661. The first-order valence-electron chi connectivity index (χ1n) is 7.44. The Labute approximate surface area is 149 Å². The van der Waals surface area contributed by atoms with Crippen LogP contribution in [0.3, 0.4) is 0 Å². The van der Waals surface area contributed by atoms with Gasteiger partial charge in [0.25, 0.3) is 5.69 Å². The van der Waals surface area contributed by atoms with Gasteiger partial charge in [0, 0.05) is 0 Å². The summed E-state index contributed by atoms with van der Waals surface area (Å²) in [6.07, 6.45) is -1.48. The van der Waals surface area contributed by atoms with Gasteiger partial charge in [0.2, 0.25) is 0 Å². The number of hydrogen-bond acceptors (Lipinski definition) is 7. The number of rotatable bonds is 6. The van der Waals surface area contributed by atoms with Crippen molar-refractivity contribution in [3.05, 3.63) is 63.2 Å².